The maximum atomic E-state index is 13.2. The highest BCUT2D eigenvalue weighted by atomic mass is 32.2. The van der Waals surface area contributed by atoms with Gasteiger partial charge in [0.1, 0.15) is 0 Å². The van der Waals surface area contributed by atoms with Crippen molar-refractivity contribution < 1.29 is 22.7 Å². The Morgan fingerprint density at radius 1 is 1.06 bits per heavy atom. The lowest BCUT2D eigenvalue weighted by Gasteiger charge is -2.31. The topological polar surface area (TPSA) is 84.9 Å². The summed E-state index contributed by atoms with van der Waals surface area (Å²) in [4.78, 5) is 13.2. The maximum absolute atomic E-state index is 13.2. The van der Waals surface area contributed by atoms with Crippen molar-refractivity contribution in [3.63, 3.8) is 0 Å². The molecule has 7 nitrogen and oxygen atoms in total. The summed E-state index contributed by atoms with van der Waals surface area (Å²) in [5.74, 6) is 0.848. The summed E-state index contributed by atoms with van der Waals surface area (Å²) in [5, 5.41) is 3.19. The van der Waals surface area contributed by atoms with Gasteiger partial charge in [0.05, 0.1) is 24.2 Å². The molecule has 2 aromatic rings. The maximum Gasteiger partial charge on any atom is 0.243 e. The van der Waals surface area contributed by atoms with Crippen LogP contribution in [0, 0.1) is 5.92 Å². The number of nitrogens with zero attached hydrogens (tertiary/aromatic N) is 1. The molecule has 1 amide bonds. The number of hydrogen-bond donors (Lipinski definition) is 1. The molecule has 33 heavy (non-hydrogen) atoms. The average molecular weight is 473 g/mol. The van der Waals surface area contributed by atoms with Gasteiger partial charge in [-0.25, -0.2) is 8.42 Å². The SMILES string of the molecule is CCCC(NC(=O)C1CCN(S(=O)(=O)c2ccc3c(c2)OCCCO3)CC1)c1ccccc1. The molecule has 1 N–H and O–H groups in total. The molecule has 0 radical (unpaired) electrons. The molecule has 1 saturated heterocycles. The molecule has 0 saturated carbocycles. The van der Waals surface area contributed by atoms with Gasteiger partial charge < -0.3 is 14.8 Å². The van der Waals surface area contributed by atoms with E-state index in [2.05, 4.69) is 12.2 Å². The van der Waals surface area contributed by atoms with Crippen LogP contribution in [0.25, 0.3) is 0 Å². The minimum Gasteiger partial charge on any atom is -0.490 e. The molecule has 4 rings (SSSR count). The third-order valence-electron chi connectivity index (χ3n) is 6.28. The van der Waals surface area contributed by atoms with E-state index in [9.17, 15) is 13.2 Å². The van der Waals surface area contributed by atoms with Crippen molar-refractivity contribution in [1.29, 1.82) is 0 Å². The standard InChI is InChI=1S/C25H32N2O5S/c1-2-7-22(19-8-4-3-5-9-19)26-25(28)20-12-14-27(15-13-20)33(29,30)21-10-11-23-24(18-21)32-17-6-16-31-23/h3-5,8-11,18,20,22H,2,6-7,12-17H2,1H3,(H,26,28). The van der Waals surface area contributed by atoms with Gasteiger partial charge in [0, 0.05) is 31.5 Å². The van der Waals surface area contributed by atoms with Crippen LogP contribution in [0.3, 0.4) is 0 Å². The molecule has 2 aromatic carbocycles. The first-order chi connectivity index (χ1) is 16.0. The van der Waals surface area contributed by atoms with Crippen molar-refractivity contribution >= 4 is 15.9 Å². The van der Waals surface area contributed by atoms with Crippen molar-refractivity contribution in [2.45, 2.75) is 50.0 Å². The molecule has 178 valence electrons. The molecule has 1 fully saturated rings. The van der Waals surface area contributed by atoms with Crippen LogP contribution in [0.5, 0.6) is 11.5 Å². The molecule has 2 heterocycles. The Bertz CT molecular complexity index is 1050. The number of benzene rings is 2. The van der Waals surface area contributed by atoms with Gasteiger partial charge in [0.25, 0.3) is 0 Å². The van der Waals surface area contributed by atoms with Crippen LogP contribution in [0.1, 0.15) is 50.6 Å². The van der Waals surface area contributed by atoms with E-state index in [1.807, 2.05) is 30.3 Å². The Balaban J connectivity index is 1.38. The smallest absolute Gasteiger partial charge is 0.243 e. The number of ether oxygens (including phenoxy) is 2. The van der Waals surface area contributed by atoms with Crippen LogP contribution in [-0.2, 0) is 14.8 Å². The van der Waals surface area contributed by atoms with Crippen molar-refractivity contribution in [3.05, 3.63) is 54.1 Å². The van der Waals surface area contributed by atoms with E-state index >= 15 is 0 Å². The quantitative estimate of drug-likeness (QED) is 0.661. The summed E-state index contributed by atoms with van der Waals surface area (Å²) >= 11 is 0. The highest BCUT2D eigenvalue weighted by Crippen LogP contribution is 2.34. The van der Waals surface area contributed by atoms with Crippen LogP contribution in [0.4, 0.5) is 0 Å². The number of nitrogens with one attached hydrogen (secondary N) is 1. The van der Waals surface area contributed by atoms with Crippen molar-refractivity contribution in [3.8, 4) is 11.5 Å². The second-order valence-corrected chi connectivity index (χ2v) is 10.5. The predicted molar refractivity (Wildman–Crippen MR) is 126 cm³/mol. The largest absolute Gasteiger partial charge is 0.490 e. The van der Waals surface area contributed by atoms with Crippen molar-refractivity contribution in [2.75, 3.05) is 26.3 Å². The van der Waals surface area contributed by atoms with E-state index in [0.29, 0.717) is 50.6 Å². The lowest BCUT2D eigenvalue weighted by atomic mass is 9.95. The molecule has 0 aromatic heterocycles. The molecular formula is C25H32N2O5S. The van der Waals surface area contributed by atoms with Crippen molar-refractivity contribution in [2.24, 2.45) is 5.92 Å². The molecule has 1 atom stereocenters. The first kappa shape index (κ1) is 23.6. The molecular weight excluding hydrogens is 440 g/mol. The van der Waals surface area contributed by atoms with Crippen LogP contribution < -0.4 is 14.8 Å². The highest BCUT2D eigenvalue weighted by Gasteiger charge is 2.33. The fourth-order valence-corrected chi connectivity index (χ4v) is 5.88. The number of sulfonamides is 1. The zero-order valence-corrected chi connectivity index (χ0v) is 19.9. The number of hydrogen-bond acceptors (Lipinski definition) is 5. The van der Waals surface area contributed by atoms with E-state index in [-0.39, 0.29) is 22.8 Å². The Kier molecular flexibility index (Phi) is 7.55. The molecule has 0 aliphatic carbocycles. The summed E-state index contributed by atoms with van der Waals surface area (Å²) in [5.41, 5.74) is 1.10. The summed E-state index contributed by atoms with van der Waals surface area (Å²) in [6.45, 7) is 3.79. The number of rotatable bonds is 7. The lowest BCUT2D eigenvalue weighted by Crippen LogP contribution is -2.43. The van der Waals surface area contributed by atoms with Gasteiger partial charge in [0.2, 0.25) is 15.9 Å². The molecule has 0 spiro atoms. The Morgan fingerprint density at radius 3 is 2.45 bits per heavy atom. The fraction of sp³-hybridized carbons (Fsp3) is 0.480. The Morgan fingerprint density at radius 2 is 1.76 bits per heavy atom. The van der Waals surface area contributed by atoms with Gasteiger partial charge in [-0.2, -0.15) is 4.31 Å². The van der Waals surface area contributed by atoms with Gasteiger partial charge in [-0.15, -0.1) is 0 Å². The molecule has 2 aliphatic heterocycles. The first-order valence-electron chi connectivity index (χ1n) is 11.7. The monoisotopic (exact) mass is 472 g/mol. The third-order valence-corrected chi connectivity index (χ3v) is 8.17. The highest BCUT2D eigenvalue weighted by molar-refractivity contribution is 7.89. The van der Waals surface area contributed by atoms with Gasteiger partial charge in [0.15, 0.2) is 11.5 Å². The molecule has 1 unspecified atom stereocenters. The van der Waals surface area contributed by atoms with Gasteiger partial charge in [-0.1, -0.05) is 43.7 Å². The van der Waals surface area contributed by atoms with E-state index in [1.54, 1.807) is 18.2 Å². The van der Waals surface area contributed by atoms with Crippen LogP contribution in [-0.4, -0.2) is 44.9 Å². The summed E-state index contributed by atoms with van der Waals surface area (Å²) in [7, 11) is -3.67. The van der Waals surface area contributed by atoms with Crippen LogP contribution in [0.2, 0.25) is 0 Å². The summed E-state index contributed by atoms with van der Waals surface area (Å²) < 4.78 is 39.2. The van der Waals surface area contributed by atoms with Crippen molar-refractivity contribution in [1.82, 2.24) is 9.62 Å². The fourth-order valence-electron chi connectivity index (χ4n) is 4.40. The lowest BCUT2D eigenvalue weighted by molar-refractivity contribution is -0.127. The van der Waals surface area contributed by atoms with E-state index in [1.165, 1.54) is 4.31 Å². The normalized spacial score (nSPS) is 18.3. The second-order valence-electron chi connectivity index (χ2n) is 8.60. The Labute approximate surface area is 196 Å². The Hall–Kier alpha value is -2.58. The third kappa shape index (κ3) is 5.50. The van der Waals surface area contributed by atoms with E-state index in [4.69, 9.17) is 9.47 Å². The second kappa shape index (κ2) is 10.6. The number of amides is 1. The molecule has 8 heteroatoms. The van der Waals surface area contributed by atoms with Gasteiger partial charge in [-0.3, -0.25) is 4.79 Å². The summed E-state index contributed by atoms with van der Waals surface area (Å²) in [6, 6.07) is 14.7. The van der Waals surface area contributed by atoms with Gasteiger partial charge >= 0.3 is 0 Å². The van der Waals surface area contributed by atoms with E-state index in [0.717, 1.165) is 24.8 Å². The van der Waals surface area contributed by atoms with Gasteiger partial charge in [-0.05, 0) is 37.0 Å². The average Bonchev–Trinajstić information content (AvgIpc) is 3.09. The zero-order valence-electron chi connectivity index (χ0n) is 19.0. The number of piperidine rings is 1. The number of carbonyl (C=O) groups is 1. The first-order valence-corrected chi connectivity index (χ1v) is 13.2. The zero-order chi connectivity index (χ0) is 23.3. The predicted octanol–water partition coefficient (Wildman–Crippen LogP) is 3.91. The van der Waals surface area contributed by atoms with Crippen LogP contribution in [0.15, 0.2) is 53.4 Å². The summed E-state index contributed by atoms with van der Waals surface area (Å²) in [6.07, 6.45) is 3.60. The number of fused-ring (bicyclic) bond motifs is 1. The van der Waals surface area contributed by atoms with Crippen LogP contribution >= 0.6 is 0 Å². The van der Waals surface area contributed by atoms with E-state index < -0.39 is 10.0 Å². The number of carbonyl (C=O) groups excluding carboxylic acids is 1. The minimum atomic E-state index is -3.67. The minimum absolute atomic E-state index is 0.00457. The molecule has 2 aliphatic rings. The molecule has 0 bridgehead atoms.